The number of nitrogens with zero attached hydrogens (tertiary/aromatic N) is 1. The van der Waals surface area contributed by atoms with E-state index in [0.717, 1.165) is 36.7 Å². The van der Waals surface area contributed by atoms with E-state index in [0.29, 0.717) is 16.5 Å². The Hall–Kier alpha value is -0.740. The Balaban J connectivity index is 1.39. The van der Waals surface area contributed by atoms with Crippen molar-refractivity contribution >= 4 is 35.4 Å². The first-order chi connectivity index (χ1) is 13.4. The van der Waals surface area contributed by atoms with Crippen LogP contribution in [-0.2, 0) is 9.59 Å². The van der Waals surface area contributed by atoms with E-state index in [9.17, 15) is 19.8 Å². The quantitative estimate of drug-likeness (QED) is 0.441. The van der Waals surface area contributed by atoms with Gasteiger partial charge in [-0.15, -0.1) is 11.8 Å². The molecule has 156 valence electrons. The molecule has 0 aromatic carbocycles. The predicted molar refractivity (Wildman–Crippen MR) is 111 cm³/mol. The lowest BCUT2D eigenvalue weighted by Crippen LogP contribution is -2.63. The third-order valence-corrected chi connectivity index (χ3v) is 9.31. The van der Waals surface area contributed by atoms with Gasteiger partial charge in [-0.3, -0.25) is 4.79 Å². The molecule has 4 heterocycles. The Morgan fingerprint density at radius 3 is 2.79 bits per heavy atom. The number of carbonyl (C=O) groups excluding carboxylic acids is 1. The number of aliphatic carboxylic acids is 1. The van der Waals surface area contributed by atoms with Gasteiger partial charge >= 0.3 is 5.97 Å². The minimum atomic E-state index is -1.04. The van der Waals surface area contributed by atoms with Crippen LogP contribution in [0.5, 0.6) is 0 Å². The van der Waals surface area contributed by atoms with Crippen molar-refractivity contribution in [3.8, 4) is 0 Å². The summed E-state index contributed by atoms with van der Waals surface area (Å²) in [5, 5.41) is 27.7. The standard InChI is InChI=1S/C19H29N3O4S2/c1-9-15-14(10(2)23)18(24)22(15)16(19(25)26)17(9)28-13-5-11(21-7-13)8-27-12-3-4-20-6-12/h9-15,20-21,23H,3-8H2,1-2H3,(H,25,26)/t9-,10-,11+,12+,13+,14-,15-/m1/s1. The number of aliphatic hydroxyl groups is 1. The number of amides is 1. The van der Waals surface area contributed by atoms with E-state index in [1.54, 1.807) is 18.7 Å². The van der Waals surface area contributed by atoms with Crippen molar-refractivity contribution in [1.29, 1.82) is 0 Å². The van der Waals surface area contributed by atoms with Crippen molar-refractivity contribution < 1.29 is 19.8 Å². The Morgan fingerprint density at radius 2 is 2.14 bits per heavy atom. The molecular formula is C19H29N3O4S2. The highest BCUT2D eigenvalue weighted by molar-refractivity contribution is 8.03. The largest absolute Gasteiger partial charge is 0.477 e. The molecule has 0 saturated carbocycles. The molecule has 0 radical (unpaired) electrons. The lowest BCUT2D eigenvalue weighted by atomic mass is 9.79. The van der Waals surface area contributed by atoms with Gasteiger partial charge in [0.1, 0.15) is 5.70 Å². The van der Waals surface area contributed by atoms with Crippen LogP contribution in [0.25, 0.3) is 0 Å². The molecule has 0 spiro atoms. The number of nitrogens with one attached hydrogen (secondary N) is 2. The topological polar surface area (TPSA) is 102 Å². The first kappa shape index (κ1) is 20.5. The fraction of sp³-hybridized carbons (Fsp3) is 0.789. The molecule has 28 heavy (non-hydrogen) atoms. The fourth-order valence-electron chi connectivity index (χ4n) is 4.88. The van der Waals surface area contributed by atoms with Gasteiger partial charge in [-0.25, -0.2) is 4.79 Å². The lowest BCUT2D eigenvalue weighted by molar-refractivity contribution is -0.163. The van der Waals surface area contributed by atoms with Crippen LogP contribution in [0, 0.1) is 11.8 Å². The first-order valence-electron chi connectivity index (χ1n) is 10.1. The third-order valence-electron chi connectivity index (χ3n) is 6.33. The second-order valence-corrected chi connectivity index (χ2v) is 11.0. The van der Waals surface area contributed by atoms with Gasteiger partial charge in [0, 0.05) is 46.2 Å². The summed E-state index contributed by atoms with van der Waals surface area (Å²) in [5.74, 6) is -0.759. The van der Waals surface area contributed by atoms with Gasteiger partial charge < -0.3 is 25.7 Å². The Bertz CT molecular complexity index is 680. The van der Waals surface area contributed by atoms with E-state index in [1.807, 2.05) is 18.7 Å². The molecule has 0 aliphatic carbocycles. The van der Waals surface area contributed by atoms with Crippen LogP contribution < -0.4 is 10.6 Å². The predicted octanol–water partition coefficient (Wildman–Crippen LogP) is 0.699. The molecule has 7 atom stereocenters. The van der Waals surface area contributed by atoms with Gasteiger partial charge in [-0.2, -0.15) is 11.8 Å². The molecule has 9 heteroatoms. The molecule has 0 aromatic heterocycles. The number of carbonyl (C=O) groups is 2. The minimum Gasteiger partial charge on any atom is -0.477 e. The minimum absolute atomic E-state index is 0.0496. The van der Waals surface area contributed by atoms with Crippen LogP contribution in [0.4, 0.5) is 0 Å². The lowest BCUT2D eigenvalue weighted by Gasteiger charge is -2.46. The summed E-state index contributed by atoms with van der Waals surface area (Å²) in [4.78, 5) is 26.5. The maximum absolute atomic E-state index is 12.4. The van der Waals surface area contributed by atoms with Gasteiger partial charge in [0.05, 0.1) is 18.1 Å². The summed E-state index contributed by atoms with van der Waals surface area (Å²) in [6, 6.07) is 0.231. The highest BCUT2D eigenvalue weighted by atomic mass is 32.2. The summed E-state index contributed by atoms with van der Waals surface area (Å²) in [6.45, 7) is 6.67. The van der Waals surface area contributed by atoms with Crippen LogP contribution in [0.2, 0.25) is 0 Å². The van der Waals surface area contributed by atoms with Crippen LogP contribution in [0.15, 0.2) is 10.6 Å². The maximum Gasteiger partial charge on any atom is 0.353 e. The third kappa shape index (κ3) is 3.60. The zero-order valence-electron chi connectivity index (χ0n) is 16.3. The molecule has 1 amide bonds. The molecule has 3 fully saturated rings. The molecule has 3 saturated heterocycles. The van der Waals surface area contributed by atoms with Crippen molar-refractivity contribution in [3.05, 3.63) is 10.6 Å². The van der Waals surface area contributed by atoms with E-state index >= 15 is 0 Å². The summed E-state index contributed by atoms with van der Waals surface area (Å²) < 4.78 is 0. The van der Waals surface area contributed by atoms with E-state index in [-0.39, 0.29) is 23.6 Å². The summed E-state index contributed by atoms with van der Waals surface area (Å²) in [5.41, 5.74) is 0.138. The first-order valence-corrected chi connectivity index (χ1v) is 12.0. The van der Waals surface area contributed by atoms with E-state index in [2.05, 4.69) is 10.6 Å². The van der Waals surface area contributed by atoms with Crippen LogP contribution >= 0.6 is 23.5 Å². The molecular weight excluding hydrogens is 398 g/mol. The van der Waals surface area contributed by atoms with Crippen LogP contribution in [0.3, 0.4) is 0 Å². The number of carboxylic acids is 1. The molecule has 0 aromatic rings. The number of fused-ring (bicyclic) bond motifs is 1. The summed E-state index contributed by atoms with van der Waals surface area (Å²) in [6.07, 6.45) is 1.49. The molecule has 0 unspecified atom stereocenters. The van der Waals surface area contributed by atoms with Crippen LogP contribution in [-0.4, -0.2) is 81.1 Å². The number of aliphatic hydroxyl groups excluding tert-OH is 1. The number of carboxylic acid groups (broad SMARTS) is 1. The van der Waals surface area contributed by atoms with Crippen molar-refractivity contribution in [3.63, 3.8) is 0 Å². The number of hydrogen-bond acceptors (Lipinski definition) is 7. The highest BCUT2D eigenvalue weighted by Gasteiger charge is 2.60. The van der Waals surface area contributed by atoms with Crippen LogP contribution in [0.1, 0.15) is 26.7 Å². The normalized spacial score (nSPS) is 38.7. The molecule has 0 bridgehead atoms. The summed E-state index contributed by atoms with van der Waals surface area (Å²) in [7, 11) is 0. The molecule has 4 N–H and O–H groups in total. The number of rotatable bonds is 7. The number of thioether (sulfide) groups is 2. The fourth-order valence-corrected chi connectivity index (χ4v) is 7.68. The highest BCUT2D eigenvalue weighted by Crippen LogP contribution is 2.51. The molecule has 4 aliphatic heterocycles. The Morgan fingerprint density at radius 1 is 1.36 bits per heavy atom. The van der Waals surface area contributed by atoms with Gasteiger partial charge in [-0.1, -0.05) is 6.92 Å². The number of β-lactam (4-membered cyclic amide) rings is 1. The van der Waals surface area contributed by atoms with Crippen molar-refractivity contribution in [1.82, 2.24) is 15.5 Å². The average Bonchev–Trinajstić information content (AvgIpc) is 3.34. The van der Waals surface area contributed by atoms with E-state index in [4.69, 9.17) is 0 Å². The maximum atomic E-state index is 12.4. The van der Waals surface area contributed by atoms with E-state index in [1.165, 1.54) is 11.3 Å². The van der Waals surface area contributed by atoms with Gasteiger partial charge in [0.2, 0.25) is 5.91 Å². The molecule has 4 rings (SSSR count). The van der Waals surface area contributed by atoms with Gasteiger partial charge in [0.25, 0.3) is 0 Å². The Kier molecular flexibility index (Phi) is 6.00. The summed E-state index contributed by atoms with van der Waals surface area (Å²) >= 11 is 3.65. The van der Waals surface area contributed by atoms with Gasteiger partial charge in [0.15, 0.2) is 0 Å². The van der Waals surface area contributed by atoms with Crippen molar-refractivity contribution in [2.24, 2.45) is 11.8 Å². The number of hydrogen-bond donors (Lipinski definition) is 4. The monoisotopic (exact) mass is 427 g/mol. The molecule has 4 aliphatic rings. The SMILES string of the molecule is C[C@@H](O)[C@H]1C(=O)N2C(C(=O)O)=C(S[C@@H]3CN[C@H](CS[C@H]4CCNC4)C3)[C@H](C)[C@H]12. The van der Waals surface area contributed by atoms with E-state index < -0.39 is 18.0 Å². The second kappa shape index (κ2) is 8.18. The van der Waals surface area contributed by atoms with Crippen molar-refractivity contribution in [2.75, 3.05) is 25.4 Å². The zero-order valence-corrected chi connectivity index (χ0v) is 17.9. The zero-order chi connectivity index (χ0) is 20.0. The average molecular weight is 428 g/mol. The second-order valence-electron chi connectivity index (χ2n) is 8.30. The van der Waals surface area contributed by atoms with Crippen molar-refractivity contribution in [2.45, 2.75) is 55.4 Å². The Labute approximate surface area is 174 Å². The smallest absolute Gasteiger partial charge is 0.353 e. The molecule has 7 nitrogen and oxygen atoms in total. The van der Waals surface area contributed by atoms with Gasteiger partial charge in [-0.05, 0) is 26.3 Å².